The second-order valence-corrected chi connectivity index (χ2v) is 4.78. The maximum atomic E-state index is 12.5. The van der Waals surface area contributed by atoms with E-state index in [2.05, 4.69) is 16.3 Å². The molecule has 0 saturated heterocycles. The molecule has 6 heteroatoms. The summed E-state index contributed by atoms with van der Waals surface area (Å²) in [6, 6.07) is 11.3. The highest BCUT2D eigenvalue weighted by molar-refractivity contribution is 5.94. The van der Waals surface area contributed by atoms with Gasteiger partial charge in [0.25, 0.3) is 11.5 Å². The first-order valence-corrected chi connectivity index (χ1v) is 6.85. The Morgan fingerprint density at radius 3 is 2.74 bits per heavy atom. The first kappa shape index (κ1) is 16.0. The zero-order chi connectivity index (χ0) is 16.8. The number of benzene rings is 1. The van der Waals surface area contributed by atoms with Gasteiger partial charge in [-0.25, -0.2) is 4.68 Å². The van der Waals surface area contributed by atoms with E-state index in [1.54, 1.807) is 31.2 Å². The van der Waals surface area contributed by atoms with Crippen molar-refractivity contribution in [1.29, 1.82) is 5.26 Å². The number of aromatic nitrogens is 2. The summed E-state index contributed by atoms with van der Waals surface area (Å²) in [4.78, 5) is 24.6. The first-order chi connectivity index (χ1) is 11.1. The van der Waals surface area contributed by atoms with Gasteiger partial charge in [0.05, 0.1) is 18.3 Å². The van der Waals surface area contributed by atoms with Crippen LogP contribution in [-0.4, -0.2) is 22.2 Å². The molecule has 2 aromatic rings. The Hall–Kier alpha value is -3.38. The molecule has 1 atom stereocenters. The SMILES string of the molecule is C#CCNC(=O)c1cc(C)nn([C@@H](C#N)c2ccccc2)c1=O. The van der Waals surface area contributed by atoms with Gasteiger partial charge in [-0.15, -0.1) is 6.42 Å². The molecule has 6 nitrogen and oxygen atoms in total. The fraction of sp³-hybridized carbons (Fsp3) is 0.176. The summed E-state index contributed by atoms with van der Waals surface area (Å²) in [6.45, 7) is 1.66. The molecule has 2 rings (SSSR count). The lowest BCUT2D eigenvalue weighted by Gasteiger charge is -2.14. The van der Waals surface area contributed by atoms with E-state index in [0.29, 0.717) is 11.3 Å². The molecule has 1 N–H and O–H groups in total. The molecule has 0 aliphatic carbocycles. The van der Waals surface area contributed by atoms with Gasteiger partial charge in [-0.3, -0.25) is 9.59 Å². The molecule has 1 aromatic carbocycles. The van der Waals surface area contributed by atoms with E-state index in [1.165, 1.54) is 6.07 Å². The number of carbonyl (C=O) groups is 1. The number of nitriles is 1. The summed E-state index contributed by atoms with van der Waals surface area (Å²) < 4.78 is 1.02. The second kappa shape index (κ2) is 7.06. The van der Waals surface area contributed by atoms with Crippen LogP contribution < -0.4 is 10.9 Å². The third kappa shape index (κ3) is 3.45. The smallest absolute Gasteiger partial charge is 0.281 e. The topological polar surface area (TPSA) is 87.8 Å². The van der Waals surface area contributed by atoms with E-state index in [1.807, 2.05) is 12.1 Å². The van der Waals surface area contributed by atoms with E-state index < -0.39 is 17.5 Å². The number of hydrogen-bond donors (Lipinski definition) is 1. The second-order valence-electron chi connectivity index (χ2n) is 4.78. The van der Waals surface area contributed by atoms with Crippen LogP contribution in [0.2, 0.25) is 0 Å². The fourth-order valence-electron chi connectivity index (χ4n) is 2.11. The molecule has 1 amide bonds. The average molecular weight is 306 g/mol. The van der Waals surface area contributed by atoms with Crippen LogP contribution in [0.5, 0.6) is 0 Å². The largest absolute Gasteiger partial charge is 0.341 e. The molecular weight excluding hydrogens is 292 g/mol. The van der Waals surface area contributed by atoms with E-state index in [9.17, 15) is 14.9 Å². The Morgan fingerprint density at radius 1 is 1.43 bits per heavy atom. The molecule has 0 saturated carbocycles. The minimum atomic E-state index is -0.914. The fourth-order valence-corrected chi connectivity index (χ4v) is 2.11. The zero-order valence-electron chi connectivity index (χ0n) is 12.5. The lowest BCUT2D eigenvalue weighted by atomic mass is 10.1. The first-order valence-electron chi connectivity index (χ1n) is 6.85. The van der Waals surface area contributed by atoms with Crippen molar-refractivity contribution in [2.24, 2.45) is 0 Å². The van der Waals surface area contributed by atoms with Crippen LogP contribution in [0.1, 0.15) is 27.7 Å². The van der Waals surface area contributed by atoms with Crippen molar-refractivity contribution in [2.75, 3.05) is 6.54 Å². The summed E-state index contributed by atoms with van der Waals surface area (Å²) >= 11 is 0. The van der Waals surface area contributed by atoms with Crippen LogP contribution in [-0.2, 0) is 0 Å². The highest BCUT2D eigenvalue weighted by atomic mass is 16.2. The maximum absolute atomic E-state index is 12.5. The Balaban J connectivity index is 2.54. The number of aryl methyl sites for hydroxylation is 1. The molecule has 0 radical (unpaired) electrons. The number of nitrogens with one attached hydrogen (secondary N) is 1. The van der Waals surface area contributed by atoms with E-state index in [0.717, 1.165) is 4.68 Å². The molecule has 0 spiro atoms. The minimum Gasteiger partial charge on any atom is -0.341 e. The Morgan fingerprint density at radius 2 is 2.13 bits per heavy atom. The highest BCUT2D eigenvalue weighted by Crippen LogP contribution is 2.15. The summed E-state index contributed by atoms with van der Waals surface area (Å²) in [6.07, 6.45) is 5.10. The summed E-state index contributed by atoms with van der Waals surface area (Å²) in [5.41, 5.74) is 0.335. The summed E-state index contributed by atoms with van der Waals surface area (Å²) in [7, 11) is 0. The van der Waals surface area contributed by atoms with Gasteiger partial charge in [0.2, 0.25) is 0 Å². The quantitative estimate of drug-likeness (QED) is 0.855. The van der Waals surface area contributed by atoms with E-state index in [-0.39, 0.29) is 12.1 Å². The van der Waals surface area contributed by atoms with Crippen LogP contribution in [0.25, 0.3) is 0 Å². The summed E-state index contributed by atoms with van der Waals surface area (Å²) in [5, 5.41) is 16.0. The number of terminal acetylenes is 1. The Labute approximate surface area is 133 Å². The molecule has 0 unspecified atom stereocenters. The average Bonchev–Trinajstić information content (AvgIpc) is 2.57. The molecular formula is C17H14N4O2. The van der Waals surface area contributed by atoms with Gasteiger partial charge in [0.1, 0.15) is 5.56 Å². The van der Waals surface area contributed by atoms with Crippen molar-refractivity contribution in [3.8, 4) is 18.4 Å². The third-order valence-corrected chi connectivity index (χ3v) is 3.13. The monoisotopic (exact) mass is 306 g/mol. The van der Waals surface area contributed by atoms with Gasteiger partial charge in [-0.05, 0) is 18.6 Å². The zero-order valence-corrected chi connectivity index (χ0v) is 12.5. The van der Waals surface area contributed by atoms with Gasteiger partial charge in [0.15, 0.2) is 6.04 Å². The molecule has 0 fully saturated rings. The van der Waals surface area contributed by atoms with Gasteiger partial charge < -0.3 is 5.32 Å². The van der Waals surface area contributed by atoms with E-state index >= 15 is 0 Å². The van der Waals surface area contributed by atoms with Crippen LogP contribution >= 0.6 is 0 Å². The highest BCUT2D eigenvalue weighted by Gasteiger charge is 2.20. The van der Waals surface area contributed by atoms with Crippen molar-refractivity contribution in [2.45, 2.75) is 13.0 Å². The number of hydrogen-bond acceptors (Lipinski definition) is 4. The van der Waals surface area contributed by atoms with Gasteiger partial charge in [0, 0.05) is 0 Å². The minimum absolute atomic E-state index is 0.0139. The van der Waals surface area contributed by atoms with Crippen molar-refractivity contribution in [3.63, 3.8) is 0 Å². The molecule has 1 heterocycles. The predicted molar refractivity (Wildman–Crippen MR) is 84.6 cm³/mol. The molecule has 0 aliphatic heterocycles. The van der Waals surface area contributed by atoms with E-state index in [4.69, 9.17) is 6.42 Å². The molecule has 1 aromatic heterocycles. The normalized spacial score (nSPS) is 11.1. The lowest BCUT2D eigenvalue weighted by molar-refractivity contribution is 0.0956. The molecule has 23 heavy (non-hydrogen) atoms. The predicted octanol–water partition coefficient (Wildman–Crippen LogP) is 1.03. The number of nitrogens with zero attached hydrogens (tertiary/aromatic N) is 3. The Bertz CT molecular complexity index is 857. The van der Waals surface area contributed by atoms with Crippen molar-refractivity contribution in [1.82, 2.24) is 15.1 Å². The Kier molecular flexibility index (Phi) is 4.91. The number of rotatable bonds is 4. The number of amides is 1. The molecule has 114 valence electrons. The standard InChI is InChI=1S/C17H14N4O2/c1-3-9-19-16(22)14-10-12(2)20-21(17(14)23)15(11-18)13-7-5-4-6-8-13/h1,4-8,10,15H,9H2,2H3,(H,19,22)/t15-/m0/s1. The molecule has 0 bridgehead atoms. The van der Waals surface area contributed by atoms with Crippen molar-refractivity contribution in [3.05, 3.63) is 63.6 Å². The van der Waals surface area contributed by atoms with Crippen molar-refractivity contribution >= 4 is 5.91 Å². The third-order valence-electron chi connectivity index (χ3n) is 3.13. The van der Waals surface area contributed by atoms with Crippen LogP contribution in [0.4, 0.5) is 0 Å². The van der Waals surface area contributed by atoms with Crippen molar-refractivity contribution < 1.29 is 4.79 Å². The number of carbonyl (C=O) groups excluding carboxylic acids is 1. The molecule has 0 aliphatic rings. The van der Waals surface area contributed by atoms with Crippen LogP contribution in [0, 0.1) is 30.6 Å². The summed E-state index contributed by atoms with van der Waals surface area (Å²) in [5.74, 6) is 1.68. The van der Waals surface area contributed by atoms with Gasteiger partial charge >= 0.3 is 0 Å². The van der Waals surface area contributed by atoms with Gasteiger partial charge in [-0.2, -0.15) is 10.4 Å². The lowest BCUT2D eigenvalue weighted by Crippen LogP contribution is -2.36. The van der Waals surface area contributed by atoms with Crippen LogP contribution in [0.15, 0.2) is 41.2 Å². The maximum Gasteiger partial charge on any atom is 0.281 e. The van der Waals surface area contributed by atoms with Gasteiger partial charge in [-0.1, -0.05) is 36.3 Å². The van der Waals surface area contributed by atoms with Crippen LogP contribution in [0.3, 0.4) is 0 Å².